The van der Waals surface area contributed by atoms with Crippen LogP contribution in [0.1, 0.15) is 18.5 Å². The van der Waals surface area contributed by atoms with E-state index < -0.39 is 16.9 Å². The van der Waals surface area contributed by atoms with Crippen LogP contribution >= 0.6 is 11.6 Å². The summed E-state index contributed by atoms with van der Waals surface area (Å²) in [5.74, 6) is -0.610. The molecule has 2 rings (SSSR count). The van der Waals surface area contributed by atoms with E-state index in [9.17, 15) is 19.7 Å². The molecular formula is C15H16ClN3O5. The zero-order chi connectivity index (χ0) is 18.2. The van der Waals surface area contributed by atoms with Crippen molar-refractivity contribution >= 4 is 29.3 Å². The van der Waals surface area contributed by atoms with Gasteiger partial charge in [-0.1, -0.05) is 17.7 Å². The van der Waals surface area contributed by atoms with Gasteiger partial charge in [-0.05, 0) is 18.6 Å². The summed E-state index contributed by atoms with van der Waals surface area (Å²) in [7, 11) is 4.29. The molecule has 1 atom stereocenters. The van der Waals surface area contributed by atoms with E-state index in [0.29, 0.717) is 11.3 Å². The van der Waals surface area contributed by atoms with Gasteiger partial charge in [-0.25, -0.2) is 9.59 Å². The number of allylic oxidation sites excluding steroid dienone is 1. The molecule has 1 aromatic carbocycles. The molecule has 0 N–H and O–H groups in total. The predicted molar refractivity (Wildman–Crippen MR) is 86.5 cm³/mol. The molecule has 0 bridgehead atoms. The third-order valence-corrected chi connectivity index (χ3v) is 4.35. The smallest absolute Gasteiger partial charge is 0.337 e. The van der Waals surface area contributed by atoms with Crippen LogP contribution < -0.4 is 0 Å². The minimum Gasteiger partial charge on any atom is -0.466 e. The van der Waals surface area contributed by atoms with Gasteiger partial charge in [0.05, 0.1) is 23.6 Å². The molecule has 128 valence electrons. The lowest BCUT2D eigenvalue weighted by molar-refractivity contribution is -0.384. The number of hydrogen-bond acceptors (Lipinski definition) is 5. The fraction of sp³-hybridized carbons (Fsp3) is 0.333. The Morgan fingerprint density at radius 3 is 2.54 bits per heavy atom. The summed E-state index contributed by atoms with van der Waals surface area (Å²) in [6, 6.07) is 3.03. The van der Waals surface area contributed by atoms with Crippen LogP contribution in [0.3, 0.4) is 0 Å². The van der Waals surface area contributed by atoms with E-state index >= 15 is 0 Å². The molecule has 0 unspecified atom stereocenters. The van der Waals surface area contributed by atoms with Gasteiger partial charge in [0.15, 0.2) is 0 Å². The first-order valence-corrected chi connectivity index (χ1v) is 7.32. The first-order chi connectivity index (χ1) is 11.2. The van der Waals surface area contributed by atoms with Gasteiger partial charge >= 0.3 is 12.0 Å². The zero-order valence-electron chi connectivity index (χ0n) is 13.6. The second-order valence-corrected chi connectivity index (χ2v) is 5.72. The topological polar surface area (TPSA) is 93.0 Å². The molecule has 0 radical (unpaired) electrons. The lowest BCUT2D eigenvalue weighted by Gasteiger charge is -2.39. The Labute approximate surface area is 143 Å². The maximum absolute atomic E-state index is 12.4. The first kappa shape index (κ1) is 17.7. The van der Waals surface area contributed by atoms with Crippen molar-refractivity contribution in [2.24, 2.45) is 0 Å². The van der Waals surface area contributed by atoms with Crippen LogP contribution in [-0.4, -0.2) is 47.9 Å². The molecule has 1 aromatic rings. The quantitative estimate of drug-likeness (QED) is 0.473. The fourth-order valence-electron chi connectivity index (χ4n) is 2.66. The van der Waals surface area contributed by atoms with Crippen LogP contribution in [0.2, 0.25) is 5.02 Å². The summed E-state index contributed by atoms with van der Waals surface area (Å²) >= 11 is 5.84. The summed E-state index contributed by atoms with van der Waals surface area (Å²) in [5, 5.41) is 11.1. The predicted octanol–water partition coefficient (Wildman–Crippen LogP) is 2.73. The molecule has 8 nitrogen and oxygen atoms in total. The number of nitrogens with zero attached hydrogens (tertiary/aromatic N) is 3. The van der Waals surface area contributed by atoms with Crippen molar-refractivity contribution in [3.63, 3.8) is 0 Å². The van der Waals surface area contributed by atoms with Gasteiger partial charge in [0.2, 0.25) is 0 Å². The Kier molecular flexibility index (Phi) is 4.79. The number of ether oxygens (including phenoxy) is 1. The minimum absolute atomic E-state index is 0.0222. The number of nitro benzene ring substituents is 1. The molecule has 0 aromatic heterocycles. The highest BCUT2D eigenvalue weighted by Crippen LogP contribution is 2.38. The van der Waals surface area contributed by atoms with Gasteiger partial charge in [0.25, 0.3) is 5.69 Å². The summed E-state index contributed by atoms with van der Waals surface area (Å²) in [6.07, 6.45) is 0. The van der Waals surface area contributed by atoms with Crippen LogP contribution in [0.15, 0.2) is 29.5 Å². The number of carbonyl (C=O) groups excluding carboxylic acids is 2. The van der Waals surface area contributed by atoms with Crippen LogP contribution in [-0.2, 0) is 9.53 Å². The Hall–Kier alpha value is -2.61. The highest BCUT2D eigenvalue weighted by atomic mass is 35.5. The maximum Gasteiger partial charge on any atom is 0.337 e. The van der Waals surface area contributed by atoms with E-state index in [2.05, 4.69) is 0 Å². The SMILES string of the molecule is COC(=O)C1=C(C)N(C)C(=O)N(C)[C@H]1c1ccc(Cl)c([N+](=O)[O-])c1. The van der Waals surface area contributed by atoms with Crippen LogP contribution in [0.4, 0.5) is 10.5 Å². The van der Waals surface area contributed by atoms with Crippen molar-refractivity contribution < 1.29 is 19.2 Å². The summed E-state index contributed by atoms with van der Waals surface area (Å²) in [6.45, 7) is 1.62. The number of esters is 1. The Morgan fingerprint density at radius 2 is 2.00 bits per heavy atom. The van der Waals surface area contributed by atoms with Gasteiger partial charge in [-0.3, -0.25) is 10.1 Å². The van der Waals surface area contributed by atoms with Crippen LogP contribution in [0.5, 0.6) is 0 Å². The van der Waals surface area contributed by atoms with Crippen molar-refractivity contribution in [1.29, 1.82) is 0 Å². The van der Waals surface area contributed by atoms with Gasteiger partial charge < -0.3 is 14.5 Å². The standard InChI is InChI=1S/C15H16ClN3O5/c1-8-12(14(20)24-4)13(18(3)15(21)17(8)2)9-5-6-10(16)11(7-9)19(22)23/h5-7,13H,1-4H3/t13-/m0/s1. The van der Waals surface area contributed by atoms with Crippen molar-refractivity contribution in [2.45, 2.75) is 13.0 Å². The number of carbonyl (C=O) groups is 2. The molecule has 0 spiro atoms. The number of benzene rings is 1. The lowest BCUT2D eigenvalue weighted by atomic mass is 9.93. The number of methoxy groups -OCH3 is 1. The second-order valence-electron chi connectivity index (χ2n) is 5.31. The molecular weight excluding hydrogens is 338 g/mol. The van der Waals surface area contributed by atoms with E-state index in [1.54, 1.807) is 13.0 Å². The monoisotopic (exact) mass is 353 g/mol. The van der Waals surface area contributed by atoms with E-state index in [0.717, 1.165) is 0 Å². The summed E-state index contributed by atoms with van der Waals surface area (Å²) in [4.78, 5) is 37.8. The normalized spacial score (nSPS) is 18.0. The second kappa shape index (κ2) is 6.48. The van der Waals surface area contributed by atoms with Gasteiger partial charge in [0.1, 0.15) is 5.02 Å². The average Bonchev–Trinajstić information content (AvgIpc) is 2.55. The Bertz CT molecular complexity index is 761. The van der Waals surface area contributed by atoms with Crippen molar-refractivity contribution in [1.82, 2.24) is 9.80 Å². The minimum atomic E-state index is -0.808. The highest BCUT2D eigenvalue weighted by Gasteiger charge is 2.39. The summed E-state index contributed by atoms with van der Waals surface area (Å²) in [5.41, 5.74) is 0.761. The van der Waals surface area contributed by atoms with E-state index in [1.165, 1.54) is 43.1 Å². The number of nitro groups is 1. The van der Waals surface area contributed by atoms with E-state index in [-0.39, 0.29) is 22.3 Å². The molecule has 0 aliphatic carbocycles. The lowest BCUT2D eigenvalue weighted by Crippen LogP contribution is -2.47. The third-order valence-electron chi connectivity index (χ3n) is 4.03. The third kappa shape index (κ3) is 2.80. The molecule has 1 aliphatic rings. The number of halogens is 1. The average molecular weight is 354 g/mol. The van der Waals surface area contributed by atoms with Gasteiger partial charge in [-0.15, -0.1) is 0 Å². The van der Waals surface area contributed by atoms with E-state index in [1.807, 2.05) is 0 Å². The fourth-order valence-corrected chi connectivity index (χ4v) is 2.85. The first-order valence-electron chi connectivity index (χ1n) is 6.94. The molecule has 9 heteroatoms. The van der Waals surface area contributed by atoms with Crippen molar-refractivity contribution in [3.8, 4) is 0 Å². The zero-order valence-corrected chi connectivity index (χ0v) is 14.3. The largest absolute Gasteiger partial charge is 0.466 e. The number of amides is 2. The molecule has 2 amide bonds. The summed E-state index contributed by atoms with van der Waals surface area (Å²) < 4.78 is 4.82. The number of urea groups is 1. The Morgan fingerprint density at radius 1 is 1.38 bits per heavy atom. The molecule has 1 heterocycles. The number of rotatable bonds is 3. The van der Waals surface area contributed by atoms with Crippen LogP contribution in [0.25, 0.3) is 0 Å². The van der Waals surface area contributed by atoms with Gasteiger partial charge in [-0.2, -0.15) is 0 Å². The molecule has 0 saturated carbocycles. The van der Waals surface area contributed by atoms with E-state index in [4.69, 9.17) is 16.3 Å². The van der Waals surface area contributed by atoms with Crippen molar-refractivity contribution in [3.05, 3.63) is 50.2 Å². The molecule has 0 fully saturated rings. The molecule has 0 saturated heterocycles. The Balaban J connectivity index is 2.69. The van der Waals surface area contributed by atoms with Crippen molar-refractivity contribution in [2.75, 3.05) is 21.2 Å². The van der Waals surface area contributed by atoms with Gasteiger partial charge in [0, 0.05) is 25.9 Å². The molecule has 24 heavy (non-hydrogen) atoms. The highest BCUT2D eigenvalue weighted by molar-refractivity contribution is 6.32. The molecule has 1 aliphatic heterocycles. The number of likely N-dealkylation sites (N-methyl/N-ethyl adjacent to an activating group) is 1. The van der Waals surface area contributed by atoms with Crippen LogP contribution in [0, 0.1) is 10.1 Å². The maximum atomic E-state index is 12.4. The number of hydrogen-bond donors (Lipinski definition) is 0.